The first kappa shape index (κ1) is 16.2. The fraction of sp³-hybridized carbons (Fsp3) is 0.632. The lowest BCUT2D eigenvalue weighted by Crippen LogP contribution is -2.44. The van der Waals surface area contributed by atoms with Gasteiger partial charge < -0.3 is 4.74 Å². The van der Waals surface area contributed by atoms with Crippen LogP contribution in [-0.4, -0.2) is 12.4 Å². The maximum Gasteiger partial charge on any atom is 0.144 e. The molecule has 2 atom stereocenters. The van der Waals surface area contributed by atoms with Crippen molar-refractivity contribution in [1.29, 1.82) is 0 Å². The highest BCUT2D eigenvalue weighted by Gasteiger charge is 2.43. The lowest BCUT2D eigenvalue weighted by Gasteiger charge is -2.41. The molecule has 0 bridgehead atoms. The fourth-order valence-electron chi connectivity index (χ4n) is 3.42. The highest BCUT2D eigenvalue weighted by atomic mass is 16.5. The molecule has 2 heteroatoms. The van der Waals surface area contributed by atoms with Crippen LogP contribution in [0.3, 0.4) is 0 Å². The first-order valence-corrected chi connectivity index (χ1v) is 8.08. The third kappa shape index (κ3) is 3.94. The Morgan fingerprint density at radius 2 is 1.90 bits per heavy atom. The van der Waals surface area contributed by atoms with Crippen molar-refractivity contribution in [2.75, 3.05) is 6.61 Å². The molecule has 0 saturated heterocycles. The molecule has 116 valence electrons. The average Bonchev–Trinajstić information content (AvgIpc) is 2.44. The number of carbonyl (C=O) groups is 1. The van der Waals surface area contributed by atoms with Gasteiger partial charge >= 0.3 is 0 Å². The summed E-state index contributed by atoms with van der Waals surface area (Å²) in [6.45, 7) is 9.75. The molecular formula is C19H28O2. The van der Waals surface area contributed by atoms with Crippen molar-refractivity contribution in [2.24, 2.45) is 23.2 Å². The summed E-state index contributed by atoms with van der Waals surface area (Å²) in [7, 11) is 0. The zero-order chi connectivity index (χ0) is 15.5. The first-order chi connectivity index (χ1) is 9.92. The Kier molecular flexibility index (Phi) is 5.21. The Hall–Kier alpha value is -1.15. The smallest absolute Gasteiger partial charge is 0.144 e. The van der Waals surface area contributed by atoms with Gasteiger partial charge in [0, 0.05) is 11.3 Å². The van der Waals surface area contributed by atoms with Gasteiger partial charge in [-0.25, -0.2) is 0 Å². The molecule has 1 aliphatic rings. The van der Waals surface area contributed by atoms with Crippen molar-refractivity contribution in [3.05, 3.63) is 35.9 Å². The summed E-state index contributed by atoms with van der Waals surface area (Å²) in [6.07, 6.45) is 2.14. The van der Waals surface area contributed by atoms with Crippen LogP contribution in [-0.2, 0) is 16.1 Å². The van der Waals surface area contributed by atoms with E-state index < -0.39 is 0 Å². The Labute approximate surface area is 128 Å². The molecule has 0 amide bonds. The van der Waals surface area contributed by atoms with Crippen LogP contribution in [0.15, 0.2) is 30.3 Å². The van der Waals surface area contributed by atoms with Crippen LogP contribution >= 0.6 is 0 Å². The predicted octanol–water partition coefficient (Wildman–Crippen LogP) is 4.48. The third-order valence-corrected chi connectivity index (χ3v) is 4.89. The third-order valence-electron chi connectivity index (χ3n) is 4.89. The van der Waals surface area contributed by atoms with E-state index >= 15 is 0 Å². The van der Waals surface area contributed by atoms with Crippen LogP contribution < -0.4 is 0 Å². The maximum atomic E-state index is 12.7. The zero-order valence-corrected chi connectivity index (χ0v) is 13.8. The molecule has 0 radical (unpaired) electrons. The molecule has 0 aliphatic heterocycles. The monoisotopic (exact) mass is 288 g/mol. The summed E-state index contributed by atoms with van der Waals surface area (Å²) < 4.78 is 5.88. The van der Waals surface area contributed by atoms with E-state index in [1.54, 1.807) is 0 Å². The molecule has 0 N–H and O–H groups in total. The van der Waals surface area contributed by atoms with Crippen molar-refractivity contribution in [1.82, 2.24) is 0 Å². The summed E-state index contributed by atoms with van der Waals surface area (Å²) >= 11 is 0. The average molecular weight is 288 g/mol. The molecule has 2 rings (SSSR count). The van der Waals surface area contributed by atoms with Gasteiger partial charge in [-0.1, -0.05) is 58.0 Å². The largest absolute Gasteiger partial charge is 0.376 e. The number of hydrogen-bond acceptors (Lipinski definition) is 2. The highest BCUT2D eigenvalue weighted by Crippen LogP contribution is 2.42. The van der Waals surface area contributed by atoms with Crippen LogP contribution in [0.25, 0.3) is 0 Å². The van der Waals surface area contributed by atoms with Gasteiger partial charge in [-0.3, -0.25) is 4.79 Å². The van der Waals surface area contributed by atoms with Crippen molar-refractivity contribution in [2.45, 2.75) is 47.1 Å². The SMILES string of the molecule is CC(C)[C@@H]1CCC(C)(C)C(=O)[C@H]1COCc1ccccc1. The van der Waals surface area contributed by atoms with Gasteiger partial charge in [0.05, 0.1) is 13.2 Å². The van der Waals surface area contributed by atoms with Gasteiger partial charge in [0.15, 0.2) is 0 Å². The van der Waals surface area contributed by atoms with Crippen molar-refractivity contribution >= 4 is 5.78 Å². The summed E-state index contributed by atoms with van der Waals surface area (Å²) in [4.78, 5) is 12.7. The van der Waals surface area contributed by atoms with Crippen molar-refractivity contribution < 1.29 is 9.53 Å². The van der Waals surface area contributed by atoms with Crippen LogP contribution in [0.1, 0.15) is 46.1 Å². The Morgan fingerprint density at radius 1 is 1.24 bits per heavy atom. The molecule has 1 aromatic rings. The van der Waals surface area contributed by atoms with Gasteiger partial charge in [0.25, 0.3) is 0 Å². The minimum absolute atomic E-state index is 0.0532. The number of hydrogen-bond donors (Lipinski definition) is 0. The van der Waals surface area contributed by atoms with Crippen LogP contribution in [0.5, 0.6) is 0 Å². The first-order valence-electron chi connectivity index (χ1n) is 8.08. The molecule has 1 aromatic carbocycles. The van der Waals surface area contributed by atoms with E-state index in [1.165, 1.54) is 5.56 Å². The Balaban J connectivity index is 1.98. The molecule has 0 spiro atoms. The number of ether oxygens (including phenoxy) is 1. The second kappa shape index (κ2) is 6.74. The number of ketones is 1. The van der Waals surface area contributed by atoms with E-state index in [1.807, 2.05) is 18.2 Å². The Bertz CT molecular complexity index is 462. The van der Waals surface area contributed by atoms with Crippen LogP contribution in [0.2, 0.25) is 0 Å². The number of rotatable bonds is 5. The molecule has 0 aromatic heterocycles. The van der Waals surface area contributed by atoms with E-state index in [2.05, 4.69) is 39.8 Å². The van der Waals surface area contributed by atoms with Gasteiger partial charge in [0.2, 0.25) is 0 Å². The lowest BCUT2D eigenvalue weighted by atomic mass is 9.63. The van der Waals surface area contributed by atoms with E-state index in [0.29, 0.717) is 30.8 Å². The van der Waals surface area contributed by atoms with E-state index in [9.17, 15) is 4.79 Å². The molecule has 1 fully saturated rings. The minimum atomic E-state index is -0.188. The summed E-state index contributed by atoms with van der Waals surface area (Å²) in [5, 5.41) is 0. The number of Topliss-reactive ketones (excluding diaryl/α,β-unsaturated/α-hetero) is 1. The molecule has 1 aliphatic carbocycles. The van der Waals surface area contributed by atoms with Gasteiger partial charge in [-0.15, -0.1) is 0 Å². The summed E-state index contributed by atoms with van der Waals surface area (Å²) in [5.41, 5.74) is 0.979. The standard InChI is InChI=1S/C19H28O2/c1-14(2)16-10-11-19(3,4)18(20)17(16)13-21-12-15-8-6-5-7-9-15/h5-9,14,16-17H,10-13H2,1-4H3/t16-,17-/m0/s1. The predicted molar refractivity (Wildman–Crippen MR) is 85.9 cm³/mol. The van der Waals surface area contributed by atoms with Crippen LogP contribution in [0, 0.1) is 23.2 Å². The second-order valence-corrected chi connectivity index (χ2v) is 7.30. The van der Waals surface area contributed by atoms with Crippen LogP contribution in [0.4, 0.5) is 0 Å². The van der Waals surface area contributed by atoms with E-state index in [4.69, 9.17) is 4.74 Å². The summed E-state index contributed by atoms with van der Waals surface area (Å²) in [6, 6.07) is 10.2. The Morgan fingerprint density at radius 3 is 2.52 bits per heavy atom. The van der Waals surface area contributed by atoms with Gasteiger partial charge in [-0.2, -0.15) is 0 Å². The van der Waals surface area contributed by atoms with E-state index in [-0.39, 0.29) is 11.3 Å². The highest BCUT2D eigenvalue weighted by molar-refractivity contribution is 5.87. The number of benzene rings is 1. The normalized spacial score (nSPS) is 25.3. The fourth-order valence-corrected chi connectivity index (χ4v) is 3.42. The zero-order valence-electron chi connectivity index (χ0n) is 13.8. The quantitative estimate of drug-likeness (QED) is 0.798. The molecule has 0 heterocycles. The molecular weight excluding hydrogens is 260 g/mol. The van der Waals surface area contributed by atoms with Gasteiger partial charge in [0.1, 0.15) is 5.78 Å². The molecule has 0 unspecified atom stereocenters. The van der Waals surface area contributed by atoms with Crippen molar-refractivity contribution in [3.8, 4) is 0 Å². The molecule has 2 nitrogen and oxygen atoms in total. The molecule has 1 saturated carbocycles. The second-order valence-electron chi connectivity index (χ2n) is 7.30. The summed E-state index contributed by atoms with van der Waals surface area (Å²) in [5.74, 6) is 1.44. The number of carbonyl (C=O) groups excluding carboxylic acids is 1. The van der Waals surface area contributed by atoms with Crippen molar-refractivity contribution in [3.63, 3.8) is 0 Å². The maximum absolute atomic E-state index is 12.7. The van der Waals surface area contributed by atoms with E-state index in [0.717, 1.165) is 12.8 Å². The minimum Gasteiger partial charge on any atom is -0.376 e. The topological polar surface area (TPSA) is 26.3 Å². The van der Waals surface area contributed by atoms with Gasteiger partial charge in [-0.05, 0) is 30.2 Å². The lowest BCUT2D eigenvalue weighted by molar-refractivity contribution is -0.141. The molecule has 21 heavy (non-hydrogen) atoms.